The average molecular weight is 226 g/mol. The highest BCUT2D eigenvalue weighted by Crippen LogP contribution is 2.06. The van der Waals surface area contributed by atoms with Gasteiger partial charge in [0, 0.05) is 18.1 Å². The van der Waals surface area contributed by atoms with Gasteiger partial charge in [-0.1, -0.05) is 6.58 Å². The van der Waals surface area contributed by atoms with E-state index in [1.165, 1.54) is 6.92 Å². The van der Waals surface area contributed by atoms with Gasteiger partial charge in [0.15, 0.2) is 5.78 Å². The summed E-state index contributed by atoms with van der Waals surface area (Å²) in [5.41, 5.74) is -0.0316. The lowest BCUT2D eigenvalue weighted by Crippen LogP contribution is -2.16. The Morgan fingerprint density at radius 1 is 1.38 bits per heavy atom. The molecule has 5 nitrogen and oxygen atoms in total. The first-order chi connectivity index (χ1) is 7.32. The van der Waals surface area contributed by atoms with Crippen LogP contribution in [0.2, 0.25) is 0 Å². The fourth-order valence-corrected chi connectivity index (χ4v) is 0.899. The number of carboxylic acids is 1. The predicted octanol–water partition coefficient (Wildman–Crippen LogP) is 1.09. The van der Waals surface area contributed by atoms with Crippen molar-refractivity contribution < 1.29 is 24.2 Å². The average Bonchev–Trinajstić information content (AvgIpc) is 2.14. The lowest BCUT2D eigenvalue weighted by Gasteiger charge is -2.11. The third kappa shape index (κ3) is 6.53. The van der Waals surface area contributed by atoms with Gasteiger partial charge in [-0.25, -0.2) is 9.59 Å². The van der Waals surface area contributed by atoms with Crippen molar-refractivity contribution >= 4 is 17.7 Å². The molecule has 0 saturated heterocycles. The highest BCUT2D eigenvalue weighted by atomic mass is 16.5. The number of allylic oxidation sites excluding steroid dienone is 1. The lowest BCUT2D eigenvalue weighted by atomic mass is 10.1. The smallest absolute Gasteiger partial charge is 0.331 e. The summed E-state index contributed by atoms with van der Waals surface area (Å²) in [5.74, 6) is -2.07. The molecule has 0 heterocycles. The zero-order valence-electron chi connectivity index (χ0n) is 9.23. The Bertz CT molecular complexity index is 340. The predicted molar refractivity (Wildman–Crippen MR) is 56.8 cm³/mol. The fraction of sp³-hybridized carbons (Fsp3) is 0.364. The van der Waals surface area contributed by atoms with Gasteiger partial charge in [0.05, 0.1) is 0 Å². The number of hydrogen-bond donors (Lipinski definition) is 1. The van der Waals surface area contributed by atoms with Gasteiger partial charge >= 0.3 is 11.9 Å². The van der Waals surface area contributed by atoms with Crippen molar-refractivity contribution in [2.75, 3.05) is 0 Å². The molecule has 0 spiro atoms. The molecule has 1 N–H and O–H groups in total. The molecule has 0 aromatic rings. The third-order valence-corrected chi connectivity index (χ3v) is 1.61. The van der Waals surface area contributed by atoms with Crippen LogP contribution in [0, 0.1) is 0 Å². The Morgan fingerprint density at radius 2 is 1.94 bits per heavy atom. The van der Waals surface area contributed by atoms with Crippen molar-refractivity contribution in [2.24, 2.45) is 0 Å². The Morgan fingerprint density at radius 3 is 2.38 bits per heavy atom. The zero-order valence-corrected chi connectivity index (χ0v) is 9.23. The van der Waals surface area contributed by atoms with Gasteiger partial charge < -0.3 is 9.84 Å². The van der Waals surface area contributed by atoms with E-state index in [1.54, 1.807) is 6.92 Å². The van der Waals surface area contributed by atoms with Crippen LogP contribution in [0.25, 0.3) is 0 Å². The van der Waals surface area contributed by atoms with Crippen molar-refractivity contribution in [3.63, 3.8) is 0 Å². The molecule has 0 aromatic carbocycles. The number of carboxylic acid groups (broad SMARTS) is 1. The minimum Gasteiger partial charge on any atom is -0.478 e. The molecule has 0 aliphatic heterocycles. The summed E-state index contributed by atoms with van der Waals surface area (Å²) in [6, 6.07) is 0. The molecule has 0 aliphatic carbocycles. The lowest BCUT2D eigenvalue weighted by molar-refractivity contribution is -0.143. The van der Waals surface area contributed by atoms with Gasteiger partial charge in [-0.2, -0.15) is 0 Å². The quantitative estimate of drug-likeness (QED) is 0.541. The van der Waals surface area contributed by atoms with Crippen molar-refractivity contribution in [1.29, 1.82) is 0 Å². The molecular weight excluding hydrogens is 212 g/mol. The minimum atomic E-state index is -1.12. The van der Waals surface area contributed by atoms with Crippen LogP contribution < -0.4 is 0 Å². The molecule has 0 radical (unpaired) electrons. The molecule has 0 aromatic heterocycles. The van der Waals surface area contributed by atoms with Crippen LogP contribution in [-0.4, -0.2) is 28.9 Å². The summed E-state index contributed by atoms with van der Waals surface area (Å²) in [7, 11) is 0. The highest BCUT2D eigenvalue weighted by Gasteiger charge is 2.12. The molecule has 0 aliphatic rings. The van der Waals surface area contributed by atoms with Gasteiger partial charge in [0.2, 0.25) is 0 Å². The van der Waals surface area contributed by atoms with Crippen LogP contribution in [-0.2, 0) is 19.1 Å². The second-order valence-corrected chi connectivity index (χ2v) is 3.30. The van der Waals surface area contributed by atoms with Gasteiger partial charge in [-0.05, 0) is 19.9 Å². The van der Waals surface area contributed by atoms with Crippen LogP contribution in [0.5, 0.6) is 0 Å². The second kappa shape index (κ2) is 6.55. The SMILES string of the molecule is C=C(CC(C)OC(=O)C=CC(C)=O)C(=O)O. The summed E-state index contributed by atoms with van der Waals surface area (Å²) in [6.07, 6.45) is 1.55. The zero-order chi connectivity index (χ0) is 12.7. The first kappa shape index (κ1) is 14.1. The van der Waals surface area contributed by atoms with Crippen molar-refractivity contribution in [1.82, 2.24) is 0 Å². The van der Waals surface area contributed by atoms with Gasteiger partial charge in [0.1, 0.15) is 6.10 Å². The summed E-state index contributed by atoms with van der Waals surface area (Å²) in [5, 5.41) is 8.54. The van der Waals surface area contributed by atoms with Crippen LogP contribution >= 0.6 is 0 Å². The van der Waals surface area contributed by atoms with Gasteiger partial charge in [0.25, 0.3) is 0 Å². The first-order valence-corrected chi connectivity index (χ1v) is 4.63. The molecule has 0 amide bonds. The summed E-state index contributed by atoms with van der Waals surface area (Å²) in [4.78, 5) is 32.0. The van der Waals surface area contributed by atoms with E-state index in [4.69, 9.17) is 9.84 Å². The number of ether oxygens (including phenoxy) is 1. The minimum absolute atomic E-state index is 0.0316. The van der Waals surface area contributed by atoms with E-state index in [0.717, 1.165) is 12.2 Å². The Labute approximate surface area is 93.4 Å². The molecule has 5 heteroatoms. The molecule has 16 heavy (non-hydrogen) atoms. The number of aliphatic carboxylic acids is 1. The van der Waals surface area contributed by atoms with Gasteiger partial charge in [-0.3, -0.25) is 4.79 Å². The van der Waals surface area contributed by atoms with Crippen molar-refractivity contribution in [2.45, 2.75) is 26.4 Å². The maximum absolute atomic E-state index is 11.1. The molecule has 0 bridgehead atoms. The van der Waals surface area contributed by atoms with E-state index in [9.17, 15) is 14.4 Å². The van der Waals surface area contributed by atoms with Crippen LogP contribution in [0.4, 0.5) is 0 Å². The normalized spacial score (nSPS) is 12.1. The van der Waals surface area contributed by atoms with E-state index in [-0.39, 0.29) is 17.8 Å². The molecule has 1 atom stereocenters. The van der Waals surface area contributed by atoms with Crippen molar-refractivity contribution in [3.8, 4) is 0 Å². The van der Waals surface area contributed by atoms with Gasteiger partial charge in [-0.15, -0.1) is 0 Å². The Kier molecular flexibility index (Phi) is 5.77. The molecule has 0 saturated carbocycles. The van der Waals surface area contributed by atoms with Crippen LogP contribution in [0.3, 0.4) is 0 Å². The molecule has 1 unspecified atom stereocenters. The number of hydrogen-bond acceptors (Lipinski definition) is 4. The topological polar surface area (TPSA) is 80.7 Å². The van der Waals surface area contributed by atoms with Crippen LogP contribution in [0.1, 0.15) is 20.3 Å². The molecule has 0 rings (SSSR count). The number of rotatable bonds is 6. The summed E-state index contributed by atoms with van der Waals surface area (Å²) < 4.78 is 4.82. The maximum atomic E-state index is 11.1. The standard InChI is InChI=1S/C11H14O5/c1-7(11(14)15)6-9(3)16-10(13)5-4-8(2)12/h4-5,9H,1,6H2,2-3H3,(H,14,15). The second-order valence-electron chi connectivity index (χ2n) is 3.30. The number of carbonyl (C=O) groups is 3. The van der Waals surface area contributed by atoms with E-state index in [1.807, 2.05) is 0 Å². The van der Waals surface area contributed by atoms with E-state index >= 15 is 0 Å². The number of ketones is 1. The van der Waals surface area contributed by atoms with Crippen molar-refractivity contribution in [3.05, 3.63) is 24.3 Å². The molecule has 0 fully saturated rings. The monoisotopic (exact) mass is 226 g/mol. The van der Waals surface area contributed by atoms with E-state index in [2.05, 4.69) is 6.58 Å². The molecule has 88 valence electrons. The third-order valence-electron chi connectivity index (χ3n) is 1.61. The molecular formula is C11H14O5. The fourth-order valence-electron chi connectivity index (χ4n) is 0.899. The summed E-state index contributed by atoms with van der Waals surface area (Å²) >= 11 is 0. The number of carbonyl (C=O) groups excluding carboxylic acids is 2. The Balaban J connectivity index is 4.10. The first-order valence-electron chi connectivity index (χ1n) is 4.63. The largest absolute Gasteiger partial charge is 0.478 e. The number of esters is 1. The van der Waals surface area contributed by atoms with E-state index in [0.29, 0.717) is 0 Å². The summed E-state index contributed by atoms with van der Waals surface area (Å²) in [6.45, 7) is 6.17. The highest BCUT2D eigenvalue weighted by molar-refractivity contribution is 5.94. The maximum Gasteiger partial charge on any atom is 0.331 e. The van der Waals surface area contributed by atoms with Crippen LogP contribution in [0.15, 0.2) is 24.3 Å². The van der Waals surface area contributed by atoms with E-state index < -0.39 is 18.0 Å². The Hall–Kier alpha value is -1.91.